The van der Waals surface area contributed by atoms with Gasteiger partial charge in [-0.3, -0.25) is 0 Å². The molecular formula is C58H51N. The molecule has 0 spiro atoms. The van der Waals surface area contributed by atoms with Crippen molar-refractivity contribution < 1.29 is 0 Å². The van der Waals surface area contributed by atoms with Crippen LogP contribution in [0.15, 0.2) is 170 Å². The van der Waals surface area contributed by atoms with Crippen LogP contribution in [-0.2, 0) is 10.8 Å². The summed E-state index contributed by atoms with van der Waals surface area (Å²) >= 11 is 0. The Balaban J connectivity index is 1.05. The molecule has 0 atom stereocenters. The van der Waals surface area contributed by atoms with Gasteiger partial charge >= 0.3 is 0 Å². The smallest absolute Gasteiger partial charge is 0.0474 e. The van der Waals surface area contributed by atoms with Gasteiger partial charge in [-0.25, -0.2) is 0 Å². The van der Waals surface area contributed by atoms with E-state index in [4.69, 9.17) is 0 Å². The van der Waals surface area contributed by atoms with Crippen molar-refractivity contribution in [1.82, 2.24) is 0 Å². The van der Waals surface area contributed by atoms with Gasteiger partial charge in [0, 0.05) is 27.9 Å². The maximum Gasteiger partial charge on any atom is 0.0474 e. The summed E-state index contributed by atoms with van der Waals surface area (Å²) in [6.07, 6.45) is 6.65. The maximum atomic E-state index is 2.50. The van der Waals surface area contributed by atoms with Crippen molar-refractivity contribution >= 4 is 27.8 Å². The van der Waals surface area contributed by atoms with Crippen molar-refractivity contribution in [2.75, 3.05) is 4.90 Å². The minimum absolute atomic E-state index is 0.0471. The lowest BCUT2D eigenvalue weighted by Crippen LogP contribution is -2.18. The summed E-state index contributed by atoms with van der Waals surface area (Å²) in [6, 6.07) is 64.5. The number of hydrogen-bond acceptors (Lipinski definition) is 1. The summed E-state index contributed by atoms with van der Waals surface area (Å²) < 4.78 is 0. The Kier molecular flexibility index (Phi) is 8.35. The predicted molar refractivity (Wildman–Crippen MR) is 250 cm³/mol. The second kappa shape index (κ2) is 13.7. The van der Waals surface area contributed by atoms with Crippen molar-refractivity contribution in [2.24, 2.45) is 0 Å². The Morgan fingerprint density at radius 1 is 0.407 bits per heavy atom. The molecule has 59 heavy (non-hydrogen) atoms. The van der Waals surface area contributed by atoms with E-state index < -0.39 is 0 Å². The second-order valence-electron chi connectivity index (χ2n) is 18.4. The number of anilines is 3. The summed E-state index contributed by atoms with van der Waals surface area (Å²) in [5.41, 5.74) is 20.9. The van der Waals surface area contributed by atoms with E-state index in [0.29, 0.717) is 5.92 Å². The van der Waals surface area contributed by atoms with Crippen molar-refractivity contribution in [3.05, 3.63) is 198 Å². The van der Waals surface area contributed by atoms with Gasteiger partial charge in [0.15, 0.2) is 0 Å². The molecule has 0 amide bonds. The van der Waals surface area contributed by atoms with Gasteiger partial charge in [0.25, 0.3) is 0 Å². The Morgan fingerprint density at radius 2 is 1.05 bits per heavy atom. The van der Waals surface area contributed by atoms with E-state index in [1.807, 2.05) is 0 Å². The normalized spacial score (nSPS) is 16.0. The fourth-order valence-corrected chi connectivity index (χ4v) is 11.2. The zero-order valence-corrected chi connectivity index (χ0v) is 34.7. The Morgan fingerprint density at radius 3 is 1.88 bits per heavy atom. The molecule has 8 aromatic carbocycles. The van der Waals surface area contributed by atoms with Gasteiger partial charge < -0.3 is 4.90 Å². The van der Waals surface area contributed by atoms with Crippen LogP contribution in [0.1, 0.15) is 93.5 Å². The van der Waals surface area contributed by atoms with Crippen LogP contribution in [0.2, 0.25) is 0 Å². The van der Waals surface area contributed by atoms with E-state index in [9.17, 15) is 0 Å². The summed E-state index contributed by atoms with van der Waals surface area (Å²) in [5, 5.41) is 2.51. The number of benzene rings is 8. The first-order chi connectivity index (χ1) is 28.8. The number of hydrogen-bond donors (Lipinski definition) is 0. The van der Waals surface area contributed by atoms with Gasteiger partial charge in [-0.05, 0) is 144 Å². The molecule has 0 N–H and O–H groups in total. The Hall–Kier alpha value is -6.18. The van der Waals surface area contributed by atoms with Crippen LogP contribution in [0, 0.1) is 0 Å². The fourth-order valence-electron chi connectivity index (χ4n) is 11.2. The molecule has 1 heteroatoms. The summed E-state index contributed by atoms with van der Waals surface area (Å²) in [5.74, 6) is 0.664. The van der Waals surface area contributed by atoms with Crippen LogP contribution in [-0.4, -0.2) is 0 Å². The van der Waals surface area contributed by atoms with Crippen molar-refractivity contribution in [1.29, 1.82) is 0 Å². The van der Waals surface area contributed by atoms with Crippen LogP contribution in [0.3, 0.4) is 0 Å². The molecule has 0 heterocycles. The SMILES string of the molecule is CC1(C)c2ccccc2-c2ccc(-c3cccc4c3C(C)(C)c3cc(N(c5ccc(C6CCCCC6)cc5)c5cc(-c6ccccc6)c6ccccc6c5)ccc3-4)cc21. The quantitative estimate of drug-likeness (QED) is 0.163. The topological polar surface area (TPSA) is 3.24 Å². The Bertz CT molecular complexity index is 2910. The molecule has 11 rings (SSSR count). The molecule has 0 bridgehead atoms. The predicted octanol–water partition coefficient (Wildman–Crippen LogP) is 16.3. The van der Waals surface area contributed by atoms with Crippen LogP contribution in [0.25, 0.3) is 55.3 Å². The molecule has 0 aliphatic heterocycles. The lowest BCUT2D eigenvalue weighted by Gasteiger charge is -2.30. The summed E-state index contributed by atoms with van der Waals surface area (Å²) in [6.45, 7) is 9.63. The first-order valence-electron chi connectivity index (χ1n) is 21.8. The molecule has 3 aliphatic carbocycles. The van der Waals surface area contributed by atoms with Crippen molar-refractivity contribution in [2.45, 2.75) is 76.5 Å². The highest BCUT2D eigenvalue weighted by Crippen LogP contribution is 2.55. The number of nitrogens with zero attached hydrogens (tertiary/aromatic N) is 1. The van der Waals surface area contributed by atoms with Crippen LogP contribution < -0.4 is 4.90 Å². The molecule has 0 saturated heterocycles. The summed E-state index contributed by atoms with van der Waals surface area (Å²) in [4.78, 5) is 2.50. The molecule has 288 valence electrons. The third kappa shape index (κ3) is 5.73. The van der Waals surface area contributed by atoms with Gasteiger partial charge in [-0.1, -0.05) is 174 Å². The average Bonchev–Trinajstić information content (AvgIpc) is 3.66. The van der Waals surface area contributed by atoms with Gasteiger partial charge in [0.2, 0.25) is 0 Å². The zero-order valence-electron chi connectivity index (χ0n) is 34.7. The molecule has 3 aliphatic rings. The molecule has 1 fully saturated rings. The number of fused-ring (bicyclic) bond motifs is 7. The first-order valence-corrected chi connectivity index (χ1v) is 21.8. The average molecular weight is 762 g/mol. The van der Waals surface area contributed by atoms with Gasteiger partial charge in [0.1, 0.15) is 0 Å². The van der Waals surface area contributed by atoms with E-state index in [2.05, 4.69) is 202 Å². The largest absolute Gasteiger partial charge is 0.310 e. The van der Waals surface area contributed by atoms with E-state index in [1.165, 1.54) is 132 Å². The number of rotatable bonds is 6. The minimum Gasteiger partial charge on any atom is -0.310 e. The maximum absolute atomic E-state index is 2.50. The molecule has 1 nitrogen and oxygen atoms in total. The molecule has 0 aromatic heterocycles. The highest BCUT2D eigenvalue weighted by atomic mass is 15.1. The molecule has 0 unspecified atom stereocenters. The van der Waals surface area contributed by atoms with Crippen molar-refractivity contribution in [3.63, 3.8) is 0 Å². The third-order valence-electron chi connectivity index (χ3n) is 14.2. The molecule has 0 radical (unpaired) electrons. The molecule has 8 aromatic rings. The highest BCUT2D eigenvalue weighted by molar-refractivity contribution is 6.01. The third-order valence-corrected chi connectivity index (χ3v) is 14.2. The van der Waals surface area contributed by atoms with Crippen LogP contribution >= 0.6 is 0 Å². The lowest BCUT2D eigenvalue weighted by atomic mass is 9.77. The van der Waals surface area contributed by atoms with E-state index in [0.717, 1.165) is 0 Å². The highest BCUT2D eigenvalue weighted by Gasteiger charge is 2.40. The lowest BCUT2D eigenvalue weighted by molar-refractivity contribution is 0.443. The standard InChI is InChI=1S/C58H51N/c1-57(2)53-25-14-13-22-48(53)49-32-28-42(35-54(49)57)47-23-15-24-51-50-33-31-44(37-55(50)58(3,4)56(47)51)59(43-29-26-39(27-30-43)38-16-7-5-8-17-38)45-34-41-20-11-12-21-46(41)52(36-45)40-18-9-6-10-19-40/h6,9-15,18-38H,5,7-8,16-17H2,1-4H3. The fraction of sp³-hybridized carbons (Fsp3) is 0.207. The zero-order chi connectivity index (χ0) is 39.9. The van der Waals surface area contributed by atoms with Gasteiger partial charge in [0.05, 0.1) is 0 Å². The molecule has 1 saturated carbocycles. The van der Waals surface area contributed by atoms with E-state index in [-0.39, 0.29) is 10.8 Å². The van der Waals surface area contributed by atoms with Crippen LogP contribution in [0.4, 0.5) is 17.1 Å². The second-order valence-corrected chi connectivity index (χ2v) is 18.4. The van der Waals surface area contributed by atoms with E-state index in [1.54, 1.807) is 0 Å². The van der Waals surface area contributed by atoms with Gasteiger partial charge in [-0.15, -0.1) is 0 Å². The summed E-state index contributed by atoms with van der Waals surface area (Å²) in [7, 11) is 0. The van der Waals surface area contributed by atoms with E-state index >= 15 is 0 Å². The minimum atomic E-state index is -0.218. The van der Waals surface area contributed by atoms with Gasteiger partial charge in [-0.2, -0.15) is 0 Å². The Labute approximate surface area is 350 Å². The molecular weight excluding hydrogens is 711 g/mol. The van der Waals surface area contributed by atoms with Crippen molar-refractivity contribution in [3.8, 4) is 44.5 Å². The monoisotopic (exact) mass is 761 g/mol. The first kappa shape index (κ1) is 35.9. The van der Waals surface area contributed by atoms with Crippen LogP contribution in [0.5, 0.6) is 0 Å².